The van der Waals surface area contributed by atoms with Gasteiger partial charge >= 0.3 is 17.9 Å². The maximum absolute atomic E-state index is 12.9. The molecule has 0 rings (SSSR count). The van der Waals surface area contributed by atoms with E-state index in [0.29, 0.717) is 17.4 Å². The predicted octanol–water partition coefficient (Wildman–Crippen LogP) is 16.7. The smallest absolute Gasteiger partial charge is 0.361 e. The van der Waals surface area contributed by atoms with Crippen molar-refractivity contribution in [1.82, 2.24) is 0 Å². The minimum atomic E-state index is -1.51. The molecule has 0 aliphatic carbocycles. The Bertz CT molecular complexity index is 1270. The minimum Gasteiger partial charge on any atom is -0.477 e. The molecule has 1 N–H and O–H groups in total. The molecule has 2 unspecified atom stereocenters. The molecule has 0 aromatic rings. The first-order valence-corrected chi connectivity index (χ1v) is 28.8. The summed E-state index contributed by atoms with van der Waals surface area (Å²) in [5.74, 6) is -1.99. The lowest BCUT2D eigenvalue weighted by Crippen LogP contribution is -2.40. The molecule has 0 aromatic heterocycles. The van der Waals surface area contributed by atoms with Crippen molar-refractivity contribution in [2.24, 2.45) is 0 Å². The van der Waals surface area contributed by atoms with Crippen LogP contribution in [0.4, 0.5) is 0 Å². The summed E-state index contributed by atoms with van der Waals surface area (Å²) >= 11 is 0. The van der Waals surface area contributed by atoms with Crippen molar-refractivity contribution >= 4 is 17.9 Å². The van der Waals surface area contributed by atoms with E-state index in [2.05, 4.69) is 62.5 Å². The van der Waals surface area contributed by atoms with Gasteiger partial charge in [-0.3, -0.25) is 9.59 Å². The highest BCUT2D eigenvalue weighted by Crippen LogP contribution is 2.17. The number of nitrogens with zero attached hydrogens (tertiary/aromatic N) is 1. The third kappa shape index (κ3) is 52.9. The molecule has 2 atom stereocenters. The molecular weight excluding hydrogens is 863 g/mol. The molecule has 69 heavy (non-hydrogen) atoms. The van der Waals surface area contributed by atoms with Gasteiger partial charge in [-0.2, -0.15) is 0 Å². The molecule has 0 bridgehead atoms. The van der Waals surface area contributed by atoms with Crippen LogP contribution in [0.15, 0.2) is 48.6 Å². The van der Waals surface area contributed by atoms with Gasteiger partial charge in [0, 0.05) is 12.8 Å². The summed E-state index contributed by atoms with van der Waals surface area (Å²) in [6, 6.07) is 0. The van der Waals surface area contributed by atoms with Crippen LogP contribution in [0.1, 0.15) is 258 Å². The molecule has 0 fully saturated rings. The second kappa shape index (κ2) is 51.6. The third-order valence-corrected chi connectivity index (χ3v) is 12.6. The fourth-order valence-electron chi connectivity index (χ4n) is 8.18. The Hall–Kier alpha value is -2.75. The number of carboxylic acid groups (broad SMARTS) is 1. The Labute approximate surface area is 425 Å². The van der Waals surface area contributed by atoms with E-state index in [-0.39, 0.29) is 32.2 Å². The van der Waals surface area contributed by atoms with Crippen molar-refractivity contribution in [2.75, 3.05) is 47.5 Å². The topological polar surface area (TPSA) is 108 Å². The lowest BCUT2D eigenvalue weighted by molar-refractivity contribution is -0.870. The standard InChI is InChI=1S/C60H109NO8/c1-6-8-10-12-14-16-18-20-22-24-26-27-28-29-30-31-33-35-37-39-41-43-45-47-49-51-58(63)69-56(55-68-60(59(64)65)66-53-52-61(3,4)5)54-67-57(62)50-48-46-44-42-40-38-36-34-32-25-23-21-19-17-15-13-11-9-7-2/h8,10,14,16,20,22,26-27,56,60H,6-7,9,11-13,15,17-19,21,23-25,28-55H2,1-5H3/p+1/b10-8-,16-14-,22-20-,27-26-. The Balaban J connectivity index is 4.23. The van der Waals surface area contributed by atoms with E-state index in [1.54, 1.807) is 0 Å². The number of unbranched alkanes of at least 4 members (excludes halogenated alkanes) is 30. The van der Waals surface area contributed by atoms with Gasteiger partial charge in [-0.05, 0) is 51.4 Å². The van der Waals surface area contributed by atoms with Crippen LogP contribution in [-0.2, 0) is 33.3 Å². The average Bonchev–Trinajstić information content (AvgIpc) is 3.31. The highest BCUT2D eigenvalue weighted by atomic mass is 16.7. The van der Waals surface area contributed by atoms with Gasteiger partial charge in [0.15, 0.2) is 6.10 Å². The van der Waals surface area contributed by atoms with E-state index >= 15 is 0 Å². The second-order valence-electron chi connectivity index (χ2n) is 20.6. The number of ether oxygens (including phenoxy) is 4. The average molecular weight is 974 g/mol. The van der Waals surface area contributed by atoms with E-state index in [0.717, 1.165) is 64.2 Å². The zero-order chi connectivity index (χ0) is 50.6. The van der Waals surface area contributed by atoms with Crippen LogP contribution in [0.3, 0.4) is 0 Å². The SMILES string of the molecule is CC/C=C\C/C=C\C/C=C\C/C=C\CCCCCCCCCCCCCCC(=O)OC(COC(=O)CCCCCCCCCCCCCCCCCCCCC)COC(OCC[N+](C)(C)C)C(=O)O. The van der Waals surface area contributed by atoms with Gasteiger partial charge in [0.2, 0.25) is 0 Å². The molecular formula is C60H110NO8+. The first kappa shape index (κ1) is 66.2. The molecule has 0 amide bonds. The molecule has 0 spiro atoms. The molecule has 9 nitrogen and oxygen atoms in total. The Morgan fingerprint density at radius 2 is 0.826 bits per heavy atom. The first-order valence-electron chi connectivity index (χ1n) is 28.8. The quantitative estimate of drug-likeness (QED) is 0.0211. The minimum absolute atomic E-state index is 0.180. The van der Waals surface area contributed by atoms with E-state index in [1.165, 1.54) is 167 Å². The van der Waals surface area contributed by atoms with E-state index in [4.69, 9.17) is 18.9 Å². The van der Waals surface area contributed by atoms with Crippen LogP contribution < -0.4 is 0 Å². The monoisotopic (exact) mass is 973 g/mol. The summed E-state index contributed by atoms with van der Waals surface area (Å²) in [5.41, 5.74) is 0. The number of aliphatic carboxylic acids is 1. The summed E-state index contributed by atoms with van der Waals surface area (Å²) in [7, 11) is 5.97. The number of allylic oxidation sites excluding steroid dienone is 8. The normalized spacial score (nSPS) is 13.1. The fourth-order valence-corrected chi connectivity index (χ4v) is 8.18. The molecule has 9 heteroatoms. The zero-order valence-electron chi connectivity index (χ0n) is 45.7. The Morgan fingerprint density at radius 3 is 1.23 bits per heavy atom. The van der Waals surface area contributed by atoms with Crippen LogP contribution in [-0.4, -0.2) is 87.4 Å². The molecule has 0 aliphatic heterocycles. The second-order valence-corrected chi connectivity index (χ2v) is 20.6. The van der Waals surface area contributed by atoms with Gasteiger partial charge in [0.1, 0.15) is 13.2 Å². The highest BCUT2D eigenvalue weighted by Gasteiger charge is 2.25. The Morgan fingerprint density at radius 1 is 0.449 bits per heavy atom. The maximum Gasteiger partial charge on any atom is 0.361 e. The van der Waals surface area contributed by atoms with Crippen LogP contribution in [0.2, 0.25) is 0 Å². The van der Waals surface area contributed by atoms with Gasteiger partial charge < -0.3 is 28.5 Å². The largest absolute Gasteiger partial charge is 0.477 e. The highest BCUT2D eigenvalue weighted by molar-refractivity contribution is 5.71. The maximum atomic E-state index is 12.9. The number of hydrogen-bond donors (Lipinski definition) is 1. The number of carbonyl (C=O) groups excluding carboxylic acids is 2. The lowest BCUT2D eigenvalue weighted by atomic mass is 10.0. The summed E-state index contributed by atoms with van der Waals surface area (Å²) in [6.07, 6.45) is 60.4. The number of esters is 2. The van der Waals surface area contributed by atoms with Gasteiger partial charge in [-0.1, -0.05) is 242 Å². The van der Waals surface area contributed by atoms with Gasteiger partial charge in [0.05, 0.1) is 34.4 Å². The summed E-state index contributed by atoms with van der Waals surface area (Å²) in [4.78, 5) is 37.4. The van der Waals surface area contributed by atoms with Gasteiger partial charge in [-0.25, -0.2) is 4.79 Å². The molecule has 0 aromatic carbocycles. The Kier molecular flexibility index (Phi) is 49.5. The fraction of sp³-hybridized carbons (Fsp3) is 0.817. The van der Waals surface area contributed by atoms with Crippen molar-refractivity contribution in [2.45, 2.75) is 270 Å². The first-order chi connectivity index (χ1) is 33.6. The number of carbonyl (C=O) groups is 3. The number of carboxylic acids is 1. The predicted molar refractivity (Wildman–Crippen MR) is 290 cm³/mol. The van der Waals surface area contributed by atoms with Crippen LogP contribution >= 0.6 is 0 Å². The molecule has 0 aliphatic rings. The number of rotatable bonds is 53. The van der Waals surface area contributed by atoms with Crippen molar-refractivity contribution < 1.29 is 42.9 Å². The van der Waals surface area contributed by atoms with E-state index in [1.807, 2.05) is 21.1 Å². The van der Waals surface area contributed by atoms with Crippen LogP contribution in [0.25, 0.3) is 0 Å². The number of likely N-dealkylation sites (N-methyl/N-ethyl adjacent to an activating group) is 1. The summed E-state index contributed by atoms with van der Waals surface area (Å²) in [5, 5.41) is 9.70. The van der Waals surface area contributed by atoms with Crippen molar-refractivity contribution in [3.63, 3.8) is 0 Å². The number of hydrogen-bond acceptors (Lipinski definition) is 7. The molecule has 0 saturated carbocycles. The van der Waals surface area contributed by atoms with E-state index < -0.39 is 24.3 Å². The zero-order valence-corrected chi connectivity index (χ0v) is 45.7. The van der Waals surface area contributed by atoms with Gasteiger partial charge in [-0.15, -0.1) is 0 Å². The molecule has 402 valence electrons. The van der Waals surface area contributed by atoms with Crippen LogP contribution in [0, 0.1) is 0 Å². The third-order valence-electron chi connectivity index (χ3n) is 12.6. The summed E-state index contributed by atoms with van der Waals surface area (Å²) < 4.78 is 22.9. The molecule has 0 saturated heterocycles. The number of quaternary nitrogens is 1. The molecule has 0 radical (unpaired) electrons. The van der Waals surface area contributed by atoms with Crippen molar-refractivity contribution in [1.29, 1.82) is 0 Å². The lowest BCUT2D eigenvalue weighted by Gasteiger charge is -2.25. The van der Waals surface area contributed by atoms with Crippen molar-refractivity contribution in [3.8, 4) is 0 Å². The molecule has 0 heterocycles. The van der Waals surface area contributed by atoms with Gasteiger partial charge in [0.25, 0.3) is 6.29 Å². The van der Waals surface area contributed by atoms with Crippen molar-refractivity contribution in [3.05, 3.63) is 48.6 Å². The van der Waals surface area contributed by atoms with Crippen LogP contribution in [0.5, 0.6) is 0 Å². The summed E-state index contributed by atoms with van der Waals surface area (Å²) in [6.45, 7) is 4.80. The van der Waals surface area contributed by atoms with E-state index in [9.17, 15) is 19.5 Å².